The lowest BCUT2D eigenvalue weighted by molar-refractivity contribution is 0.0696. The molecule has 6 nitrogen and oxygen atoms in total. The molecule has 1 aromatic carbocycles. The number of aromatic nitrogens is 1. The molecule has 1 aromatic heterocycles. The maximum atomic E-state index is 11.7. The molecule has 0 saturated heterocycles. The summed E-state index contributed by atoms with van der Waals surface area (Å²) >= 11 is 0. The van der Waals surface area contributed by atoms with E-state index in [1.54, 1.807) is 31.3 Å². The predicted octanol–water partition coefficient (Wildman–Crippen LogP) is 1.70. The van der Waals surface area contributed by atoms with Crippen LogP contribution in [0, 0.1) is 6.92 Å². The van der Waals surface area contributed by atoms with Crippen molar-refractivity contribution >= 4 is 17.7 Å². The SMILES string of the molecule is CNC(=O)c1cc(-c2ccc(C(=O)O)c(C)c2)cnc1N. The fourth-order valence-corrected chi connectivity index (χ4v) is 2.03. The van der Waals surface area contributed by atoms with Gasteiger partial charge in [-0.25, -0.2) is 9.78 Å². The summed E-state index contributed by atoms with van der Waals surface area (Å²) in [6.45, 7) is 1.72. The number of nitrogens with zero attached hydrogens (tertiary/aromatic N) is 1. The summed E-state index contributed by atoms with van der Waals surface area (Å²) in [5.41, 5.74) is 8.33. The van der Waals surface area contributed by atoms with E-state index in [0.29, 0.717) is 11.1 Å². The van der Waals surface area contributed by atoms with Crippen molar-refractivity contribution in [1.82, 2.24) is 10.3 Å². The van der Waals surface area contributed by atoms with Crippen LogP contribution in [0.25, 0.3) is 11.1 Å². The molecule has 2 rings (SSSR count). The topological polar surface area (TPSA) is 105 Å². The predicted molar refractivity (Wildman–Crippen MR) is 79.2 cm³/mol. The number of aryl methyl sites for hydroxylation is 1. The van der Waals surface area contributed by atoms with Gasteiger partial charge in [0.1, 0.15) is 5.82 Å². The molecule has 0 saturated carbocycles. The average Bonchev–Trinajstić information content (AvgIpc) is 2.46. The van der Waals surface area contributed by atoms with Crippen molar-refractivity contribution in [2.75, 3.05) is 12.8 Å². The fraction of sp³-hybridized carbons (Fsp3) is 0.133. The number of pyridine rings is 1. The molecule has 0 fully saturated rings. The van der Waals surface area contributed by atoms with Crippen LogP contribution in [0.2, 0.25) is 0 Å². The third kappa shape index (κ3) is 2.84. The maximum Gasteiger partial charge on any atom is 0.335 e. The number of amides is 1. The van der Waals surface area contributed by atoms with Gasteiger partial charge in [-0.2, -0.15) is 0 Å². The second kappa shape index (κ2) is 5.62. The quantitative estimate of drug-likeness (QED) is 0.796. The van der Waals surface area contributed by atoms with E-state index in [0.717, 1.165) is 5.56 Å². The van der Waals surface area contributed by atoms with Crippen molar-refractivity contribution in [2.24, 2.45) is 0 Å². The summed E-state index contributed by atoms with van der Waals surface area (Å²) in [5, 5.41) is 11.5. The second-order valence-corrected chi connectivity index (χ2v) is 4.57. The number of carbonyl (C=O) groups is 2. The third-order valence-corrected chi connectivity index (χ3v) is 3.18. The first-order valence-electron chi connectivity index (χ1n) is 6.26. The standard InChI is InChI=1S/C15H15N3O3/c1-8-5-9(3-4-11(8)15(20)21)10-6-12(14(19)17-2)13(16)18-7-10/h3-7H,1-2H3,(H2,16,18)(H,17,19)(H,20,21). The second-order valence-electron chi connectivity index (χ2n) is 4.57. The van der Waals surface area contributed by atoms with E-state index in [1.807, 2.05) is 0 Å². The highest BCUT2D eigenvalue weighted by molar-refractivity contribution is 5.99. The van der Waals surface area contributed by atoms with Crippen LogP contribution < -0.4 is 11.1 Å². The van der Waals surface area contributed by atoms with Crippen LogP contribution in [-0.4, -0.2) is 29.0 Å². The van der Waals surface area contributed by atoms with E-state index < -0.39 is 5.97 Å². The molecule has 0 aliphatic rings. The highest BCUT2D eigenvalue weighted by atomic mass is 16.4. The molecular weight excluding hydrogens is 270 g/mol. The molecular formula is C15H15N3O3. The Bertz CT molecular complexity index is 726. The molecule has 0 radical (unpaired) electrons. The zero-order chi connectivity index (χ0) is 15.6. The molecule has 21 heavy (non-hydrogen) atoms. The molecule has 0 bridgehead atoms. The van der Waals surface area contributed by atoms with Crippen molar-refractivity contribution in [2.45, 2.75) is 6.92 Å². The molecule has 0 aliphatic heterocycles. The molecule has 6 heteroatoms. The van der Waals surface area contributed by atoms with E-state index in [9.17, 15) is 9.59 Å². The first kappa shape index (κ1) is 14.5. The minimum Gasteiger partial charge on any atom is -0.478 e. The summed E-state index contributed by atoms with van der Waals surface area (Å²) in [6.07, 6.45) is 1.55. The fourth-order valence-electron chi connectivity index (χ4n) is 2.03. The minimum atomic E-state index is -0.972. The first-order chi connectivity index (χ1) is 9.93. The molecule has 108 valence electrons. The van der Waals surface area contributed by atoms with Gasteiger partial charge in [0.15, 0.2) is 0 Å². The number of rotatable bonds is 3. The van der Waals surface area contributed by atoms with E-state index in [2.05, 4.69) is 10.3 Å². The Morgan fingerprint density at radius 2 is 1.90 bits per heavy atom. The van der Waals surface area contributed by atoms with E-state index >= 15 is 0 Å². The molecule has 2 aromatic rings. The van der Waals surface area contributed by atoms with Crippen LogP contribution in [0.3, 0.4) is 0 Å². The van der Waals surface area contributed by atoms with Crippen LogP contribution >= 0.6 is 0 Å². The van der Waals surface area contributed by atoms with Crippen molar-refractivity contribution in [3.8, 4) is 11.1 Å². The van der Waals surface area contributed by atoms with Gasteiger partial charge < -0.3 is 16.2 Å². The van der Waals surface area contributed by atoms with Crippen LogP contribution in [0.1, 0.15) is 26.3 Å². The molecule has 0 atom stereocenters. The number of carbonyl (C=O) groups excluding carboxylic acids is 1. The summed E-state index contributed by atoms with van der Waals surface area (Å²) in [6, 6.07) is 6.58. The van der Waals surface area contributed by atoms with Crippen molar-refractivity contribution in [1.29, 1.82) is 0 Å². The van der Waals surface area contributed by atoms with Gasteiger partial charge >= 0.3 is 5.97 Å². The maximum absolute atomic E-state index is 11.7. The molecule has 4 N–H and O–H groups in total. The van der Waals surface area contributed by atoms with Gasteiger partial charge in [-0.15, -0.1) is 0 Å². The van der Waals surface area contributed by atoms with E-state index in [1.165, 1.54) is 13.1 Å². The van der Waals surface area contributed by atoms with Gasteiger partial charge in [0, 0.05) is 18.8 Å². The number of hydrogen-bond acceptors (Lipinski definition) is 4. The Kier molecular flexibility index (Phi) is 3.89. The van der Waals surface area contributed by atoms with Crippen LogP contribution in [0.4, 0.5) is 5.82 Å². The van der Waals surface area contributed by atoms with Gasteiger partial charge in [0.05, 0.1) is 11.1 Å². The first-order valence-corrected chi connectivity index (χ1v) is 6.26. The summed E-state index contributed by atoms with van der Waals surface area (Å²) in [5.74, 6) is -1.14. The lowest BCUT2D eigenvalue weighted by atomic mass is 10.00. The summed E-state index contributed by atoms with van der Waals surface area (Å²) in [7, 11) is 1.51. The van der Waals surface area contributed by atoms with E-state index in [-0.39, 0.29) is 22.9 Å². The monoisotopic (exact) mass is 285 g/mol. The minimum absolute atomic E-state index is 0.150. The summed E-state index contributed by atoms with van der Waals surface area (Å²) < 4.78 is 0. The number of hydrogen-bond donors (Lipinski definition) is 3. The van der Waals surface area contributed by atoms with Gasteiger partial charge in [0.2, 0.25) is 0 Å². The highest BCUT2D eigenvalue weighted by Gasteiger charge is 2.13. The summed E-state index contributed by atoms with van der Waals surface area (Å²) in [4.78, 5) is 26.7. The van der Waals surface area contributed by atoms with Crippen LogP contribution in [0.15, 0.2) is 30.5 Å². The molecule has 0 spiro atoms. The highest BCUT2D eigenvalue weighted by Crippen LogP contribution is 2.24. The van der Waals surface area contributed by atoms with Gasteiger partial charge in [-0.1, -0.05) is 12.1 Å². The Morgan fingerprint density at radius 1 is 1.19 bits per heavy atom. The third-order valence-electron chi connectivity index (χ3n) is 3.18. The molecule has 0 unspecified atom stereocenters. The van der Waals surface area contributed by atoms with E-state index in [4.69, 9.17) is 10.8 Å². The lowest BCUT2D eigenvalue weighted by Gasteiger charge is -2.09. The smallest absolute Gasteiger partial charge is 0.335 e. The molecule has 0 aliphatic carbocycles. The van der Waals surface area contributed by atoms with Crippen molar-refractivity contribution in [3.63, 3.8) is 0 Å². The van der Waals surface area contributed by atoms with Crippen molar-refractivity contribution < 1.29 is 14.7 Å². The van der Waals surface area contributed by atoms with Crippen LogP contribution in [-0.2, 0) is 0 Å². The largest absolute Gasteiger partial charge is 0.478 e. The van der Waals surface area contributed by atoms with Gasteiger partial charge in [-0.05, 0) is 30.2 Å². The van der Waals surface area contributed by atoms with Gasteiger partial charge in [0.25, 0.3) is 5.91 Å². The zero-order valence-corrected chi connectivity index (χ0v) is 11.7. The Balaban J connectivity index is 2.50. The van der Waals surface area contributed by atoms with Crippen molar-refractivity contribution in [3.05, 3.63) is 47.2 Å². The lowest BCUT2D eigenvalue weighted by Crippen LogP contribution is -2.20. The number of nitrogen functional groups attached to an aromatic ring is 1. The van der Waals surface area contributed by atoms with Gasteiger partial charge in [-0.3, -0.25) is 4.79 Å². The number of nitrogens with one attached hydrogen (secondary N) is 1. The average molecular weight is 285 g/mol. The molecule has 1 heterocycles. The Labute approximate surface area is 121 Å². The van der Waals surface area contributed by atoms with Crippen LogP contribution in [0.5, 0.6) is 0 Å². The Hall–Kier alpha value is -2.89. The number of benzene rings is 1. The zero-order valence-electron chi connectivity index (χ0n) is 11.7. The molecule has 1 amide bonds. The Morgan fingerprint density at radius 3 is 2.48 bits per heavy atom. The number of nitrogens with two attached hydrogens (primary N) is 1. The number of anilines is 1. The number of aromatic carboxylic acids is 1. The number of carboxylic acid groups (broad SMARTS) is 1. The number of carboxylic acids is 1. The normalized spacial score (nSPS) is 10.2.